The molecule has 0 bridgehead atoms. The third kappa shape index (κ3) is 3.10. The molecule has 1 aliphatic rings. The molecule has 28 heavy (non-hydrogen) atoms. The number of amides is 1. The molecule has 1 aromatic carbocycles. The number of rotatable bonds is 4. The predicted octanol–water partition coefficient (Wildman–Crippen LogP) is 2.95. The Morgan fingerprint density at radius 2 is 1.96 bits per heavy atom. The number of carbonyl (C=O) groups excluding carboxylic acids is 1. The van der Waals surface area contributed by atoms with Crippen LogP contribution in [-0.4, -0.2) is 38.0 Å². The van der Waals surface area contributed by atoms with Crippen LogP contribution in [0.1, 0.15) is 25.3 Å². The highest BCUT2D eigenvalue weighted by Gasteiger charge is 2.21. The van der Waals surface area contributed by atoms with Gasteiger partial charge in [0.2, 0.25) is 5.91 Å². The highest BCUT2D eigenvalue weighted by Crippen LogP contribution is 2.28. The number of aryl methyl sites for hydroxylation is 2. The molecule has 0 aliphatic carbocycles. The first-order valence-corrected chi connectivity index (χ1v) is 9.62. The summed E-state index contributed by atoms with van der Waals surface area (Å²) in [6.45, 7) is 5.80. The zero-order valence-electron chi connectivity index (χ0n) is 16.1. The number of fused-ring (bicyclic) bond motifs is 1. The van der Waals surface area contributed by atoms with Crippen molar-refractivity contribution in [3.05, 3.63) is 52.5 Å². The number of aromatic nitrogens is 3. The Morgan fingerprint density at radius 3 is 2.64 bits per heavy atom. The molecule has 0 radical (unpaired) electrons. The Hall–Kier alpha value is -2.96. The van der Waals surface area contributed by atoms with Crippen LogP contribution in [0.2, 0.25) is 0 Å². The van der Waals surface area contributed by atoms with Crippen LogP contribution in [0.15, 0.2) is 35.5 Å². The first-order valence-electron chi connectivity index (χ1n) is 9.62. The second-order valence-corrected chi connectivity index (χ2v) is 7.26. The third-order valence-corrected chi connectivity index (χ3v) is 5.42. The summed E-state index contributed by atoms with van der Waals surface area (Å²) >= 11 is 0. The molecule has 2 aromatic heterocycles. The van der Waals surface area contributed by atoms with E-state index >= 15 is 0 Å². The first-order chi connectivity index (χ1) is 13.5. The van der Waals surface area contributed by atoms with Crippen molar-refractivity contribution >= 4 is 16.9 Å². The van der Waals surface area contributed by atoms with Crippen LogP contribution < -0.4 is 5.56 Å². The molecule has 0 N–H and O–H groups in total. The van der Waals surface area contributed by atoms with Gasteiger partial charge in [0.1, 0.15) is 24.3 Å². The zero-order chi connectivity index (χ0) is 19.8. The van der Waals surface area contributed by atoms with Crippen molar-refractivity contribution in [2.75, 3.05) is 13.1 Å². The SMILES string of the molecule is CCn1cc(-c2ccc(F)c(C)c2)c2c(=O)n(CC(=O)N3CCCC3)cnc21. The average Bonchev–Trinajstić information content (AvgIpc) is 3.34. The number of hydrogen-bond donors (Lipinski definition) is 0. The average molecular weight is 382 g/mol. The topological polar surface area (TPSA) is 60.1 Å². The highest BCUT2D eigenvalue weighted by atomic mass is 19.1. The lowest BCUT2D eigenvalue weighted by Crippen LogP contribution is -2.34. The number of likely N-dealkylation sites (tertiary alicyclic amines) is 1. The van der Waals surface area contributed by atoms with E-state index in [2.05, 4.69) is 4.98 Å². The number of benzene rings is 1. The van der Waals surface area contributed by atoms with Crippen molar-refractivity contribution in [2.45, 2.75) is 39.8 Å². The van der Waals surface area contributed by atoms with E-state index in [0.717, 1.165) is 31.5 Å². The van der Waals surface area contributed by atoms with Crippen LogP contribution in [0.3, 0.4) is 0 Å². The minimum atomic E-state index is -0.283. The molecular formula is C21H23FN4O2. The summed E-state index contributed by atoms with van der Waals surface area (Å²) in [6, 6.07) is 4.81. The molecule has 3 heterocycles. The number of nitrogens with zero attached hydrogens (tertiary/aromatic N) is 4. The van der Waals surface area contributed by atoms with Gasteiger partial charge < -0.3 is 9.47 Å². The van der Waals surface area contributed by atoms with Crippen LogP contribution in [0.25, 0.3) is 22.2 Å². The molecule has 1 aliphatic heterocycles. The Bertz CT molecular complexity index is 1110. The summed E-state index contributed by atoms with van der Waals surface area (Å²) in [7, 11) is 0. The molecular weight excluding hydrogens is 359 g/mol. The summed E-state index contributed by atoms with van der Waals surface area (Å²) in [4.78, 5) is 32.0. The molecule has 6 nitrogen and oxygen atoms in total. The lowest BCUT2D eigenvalue weighted by atomic mass is 10.0. The Labute approximate surface area is 162 Å². The van der Waals surface area contributed by atoms with Crippen LogP contribution in [0.4, 0.5) is 4.39 Å². The fourth-order valence-corrected chi connectivity index (χ4v) is 3.81. The van der Waals surface area contributed by atoms with Gasteiger partial charge in [-0.15, -0.1) is 0 Å². The summed E-state index contributed by atoms with van der Waals surface area (Å²) < 4.78 is 17.0. The molecule has 1 saturated heterocycles. The monoisotopic (exact) mass is 382 g/mol. The minimum absolute atomic E-state index is 0.0129. The second-order valence-electron chi connectivity index (χ2n) is 7.26. The molecule has 146 valence electrons. The zero-order valence-corrected chi connectivity index (χ0v) is 16.1. The molecule has 1 amide bonds. The molecule has 0 saturated carbocycles. The largest absolute Gasteiger partial charge is 0.341 e. The van der Waals surface area contributed by atoms with Crippen molar-refractivity contribution in [1.29, 1.82) is 0 Å². The first kappa shape index (κ1) is 18.4. The number of carbonyl (C=O) groups is 1. The molecule has 0 spiro atoms. The standard InChI is InChI=1S/C21H23FN4O2/c1-3-24-11-16(15-6-7-17(22)14(2)10-15)19-20(24)23-13-26(21(19)28)12-18(27)25-8-4-5-9-25/h6-7,10-11,13H,3-5,8-9,12H2,1-2H3. The van der Waals surface area contributed by atoms with Gasteiger partial charge in [0, 0.05) is 31.4 Å². The van der Waals surface area contributed by atoms with Gasteiger partial charge in [-0.1, -0.05) is 6.07 Å². The van der Waals surface area contributed by atoms with Crippen molar-refractivity contribution in [1.82, 2.24) is 19.0 Å². The van der Waals surface area contributed by atoms with Crippen LogP contribution in [0, 0.1) is 12.7 Å². The van der Waals surface area contributed by atoms with Gasteiger partial charge in [-0.2, -0.15) is 0 Å². The highest BCUT2D eigenvalue weighted by molar-refractivity contribution is 5.93. The normalized spacial score (nSPS) is 14.2. The van der Waals surface area contributed by atoms with E-state index in [1.165, 1.54) is 17.0 Å². The van der Waals surface area contributed by atoms with Crippen LogP contribution in [-0.2, 0) is 17.9 Å². The lowest BCUT2D eigenvalue weighted by Gasteiger charge is -2.15. The molecule has 7 heteroatoms. The Balaban J connectivity index is 1.82. The second kappa shape index (κ2) is 7.22. The minimum Gasteiger partial charge on any atom is -0.341 e. The Kier molecular flexibility index (Phi) is 4.75. The van der Waals surface area contributed by atoms with E-state index in [0.29, 0.717) is 28.7 Å². The van der Waals surface area contributed by atoms with Gasteiger partial charge in [0.05, 0.1) is 5.39 Å². The number of halogens is 1. The van der Waals surface area contributed by atoms with E-state index < -0.39 is 0 Å². The van der Waals surface area contributed by atoms with Gasteiger partial charge in [-0.3, -0.25) is 14.2 Å². The van der Waals surface area contributed by atoms with Gasteiger partial charge in [0.15, 0.2) is 0 Å². The van der Waals surface area contributed by atoms with Gasteiger partial charge >= 0.3 is 0 Å². The predicted molar refractivity (Wildman–Crippen MR) is 106 cm³/mol. The van der Waals surface area contributed by atoms with E-state index in [4.69, 9.17) is 0 Å². The van der Waals surface area contributed by atoms with Crippen molar-refractivity contribution < 1.29 is 9.18 Å². The maximum absolute atomic E-state index is 13.7. The van der Waals surface area contributed by atoms with Gasteiger partial charge in [0.25, 0.3) is 5.56 Å². The molecule has 4 rings (SSSR count). The fourth-order valence-electron chi connectivity index (χ4n) is 3.81. The Morgan fingerprint density at radius 1 is 1.21 bits per heavy atom. The molecule has 1 fully saturated rings. The third-order valence-electron chi connectivity index (χ3n) is 5.42. The molecule has 0 atom stereocenters. The van der Waals surface area contributed by atoms with Crippen molar-refractivity contribution in [3.8, 4) is 11.1 Å². The van der Waals surface area contributed by atoms with E-state index in [9.17, 15) is 14.0 Å². The molecule has 0 unspecified atom stereocenters. The van der Waals surface area contributed by atoms with Crippen molar-refractivity contribution in [2.24, 2.45) is 0 Å². The van der Waals surface area contributed by atoms with E-state index in [1.807, 2.05) is 17.7 Å². The molecule has 3 aromatic rings. The smallest absolute Gasteiger partial charge is 0.263 e. The summed E-state index contributed by atoms with van der Waals surface area (Å²) in [5.74, 6) is -0.343. The maximum Gasteiger partial charge on any atom is 0.263 e. The lowest BCUT2D eigenvalue weighted by molar-refractivity contribution is -0.130. The summed E-state index contributed by atoms with van der Waals surface area (Å²) in [5, 5.41) is 0.463. The van der Waals surface area contributed by atoms with E-state index in [1.54, 1.807) is 24.0 Å². The van der Waals surface area contributed by atoms with Gasteiger partial charge in [-0.25, -0.2) is 9.37 Å². The fraction of sp³-hybridized carbons (Fsp3) is 0.381. The van der Waals surface area contributed by atoms with Crippen LogP contribution >= 0.6 is 0 Å². The summed E-state index contributed by atoms with van der Waals surface area (Å²) in [6.07, 6.45) is 5.33. The maximum atomic E-state index is 13.7. The van der Waals surface area contributed by atoms with Crippen molar-refractivity contribution in [3.63, 3.8) is 0 Å². The van der Waals surface area contributed by atoms with E-state index in [-0.39, 0.29) is 23.8 Å². The number of hydrogen-bond acceptors (Lipinski definition) is 3. The quantitative estimate of drug-likeness (QED) is 0.697. The summed E-state index contributed by atoms with van der Waals surface area (Å²) in [5.41, 5.74) is 2.32. The van der Waals surface area contributed by atoms with Gasteiger partial charge in [-0.05, 0) is 49.9 Å². The van der Waals surface area contributed by atoms with Crippen LogP contribution in [0.5, 0.6) is 0 Å².